The molecule has 0 amide bonds. The van der Waals surface area contributed by atoms with E-state index in [1.54, 1.807) is 0 Å². The van der Waals surface area contributed by atoms with Gasteiger partial charge in [-0.15, -0.1) is 6.58 Å². The van der Waals surface area contributed by atoms with Crippen LogP contribution in [0.1, 0.15) is 30.0 Å². The van der Waals surface area contributed by atoms with E-state index in [0.717, 1.165) is 25.8 Å². The van der Waals surface area contributed by atoms with Gasteiger partial charge in [0.25, 0.3) is 0 Å². The van der Waals surface area contributed by atoms with E-state index in [9.17, 15) is 0 Å². The van der Waals surface area contributed by atoms with Gasteiger partial charge >= 0.3 is 0 Å². The first-order valence-corrected chi connectivity index (χ1v) is 7.33. The first-order valence-electron chi connectivity index (χ1n) is 7.33. The Morgan fingerprint density at radius 2 is 1.60 bits per heavy atom. The van der Waals surface area contributed by atoms with Crippen molar-refractivity contribution in [3.8, 4) is 0 Å². The number of unbranched alkanes of at least 4 members (excludes halogenated alkanes) is 1. The lowest BCUT2D eigenvalue weighted by molar-refractivity contribution is 0.522. The molecule has 1 atom stereocenters. The number of nitrogens with one attached hydrogen (secondary N) is 1. The second-order valence-corrected chi connectivity index (χ2v) is 5.04. The Balaban J connectivity index is 2.02. The zero-order chi connectivity index (χ0) is 14.0. The first kappa shape index (κ1) is 14.5. The molecule has 0 saturated carbocycles. The molecular weight excluding hydrogens is 242 g/mol. The molecule has 0 radical (unpaired) electrons. The van der Waals surface area contributed by atoms with Crippen LogP contribution in [0.15, 0.2) is 73.3 Å². The van der Waals surface area contributed by atoms with Crippen LogP contribution in [-0.2, 0) is 6.42 Å². The van der Waals surface area contributed by atoms with E-state index in [0.29, 0.717) is 6.04 Å². The van der Waals surface area contributed by atoms with Crippen molar-refractivity contribution in [1.29, 1.82) is 0 Å². The van der Waals surface area contributed by atoms with Crippen molar-refractivity contribution in [2.45, 2.75) is 25.3 Å². The summed E-state index contributed by atoms with van der Waals surface area (Å²) in [5.74, 6) is 0. The molecule has 0 aliphatic carbocycles. The second-order valence-electron chi connectivity index (χ2n) is 5.04. The summed E-state index contributed by atoms with van der Waals surface area (Å²) >= 11 is 0. The Bertz CT molecular complexity index is 490. The Kier molecular flexibility index (Phi) is 6.07. The number of hydrogen-bond acceptors (Lipinski definition) is 1. The maximum Gasteiger partial charge on any atom is 0.0360 e. The average Bonchev–Trinajstić information content (AvgIpc) is 2.52. The molecule has 0 aliphatic rings. The highest BCUT2D eigenvalue weighted by Gasteiger charge is 2.10. The Labute approximate surface area is 122 Å². The van der Waals surface area contributed by atoms with Gasteiger partial charge in [-0.05, 0) is 36.9 Å². The van der Waals surface area contributed by atoms with Gasteiger partial charge in [0.05, 0.1) is 0 Å². The summed E-state index contributed by atoms with van der Waals surface area (Å²) in [6, 6.07) is 21.7. The van der Waals surface area contributed by atoms with E-state index in [4.69, 9.17) is 0 Å². The molecule has 1 nitrogen and oxygen atoms in total. The molecule has 2 aromatic rings. The quantitative estimate of drug-likeness (QED) is 0.546. The van der Waals surface area contributed by atoms with Gasteiger partial charge in [0, 0.05) is 6.04 Å². The molecule has 0 fully saturated rings. The maximum atomic E-state index is 3.78. The smallest absolute Gasteiger partial charge is 0.0360 e. The highest BCUT2D eigenvalue weighted by atomic mass is 14.9. The molecule has 0 saturated heterocycles. The third-order valence-corrected chi connectivity index (χ3v) is 3.46. The lowest BCUT2D eigenvalue weighted by Gasteiger charge is -2.19. The van der Waals surface area contributed by atoms with Crippen molar-refractivity contribution >= 4 is 0 Å². The molecule has 0 aliphatic heterocycles. The summed E-state index contributed by atoms with van der Waals surface area (Å²) < 4.78 is 0. The van der Waals surface area contributed by atoms with Crippen molar-refractivity contribution < 1.29 is 0 Å². The number of benzene rings is 2. The number of allylic oxidation sites excluding steroid dienone is 1. The molecule has 1 heteroatoms. The summed E-state index contributed by atoms with van der Waals surface area (Å²) in [6.45, 7) is 4.80. The largest absolute Gasteiger partial charge is 0.310 e. The monoisotopic (exact) mass is 265 g/mol. The van der Waals surface area contributed by atoms with E-state index in [-0.39, 0.29) is 0 Å². The molecular formula is C19H23N. The Morgan fingerprint density at radius 3 is 2.25 bits per heavy atom. The fraction of sp³-hybridized carbons (Fsp3) is 0.263. The van der Waals surface area contributed by atoms with Gasteiger partial charge < -0.3 is 5.32 Å². The summed E-state index contributed by atoms with van der Waals surface area (Å²) in [5, 5.41) is 3.67. The third kappa shape index (κ3) is 4.67. The van der Waals surface area contributed by atoms with Crippen LogP contribution in [0.3, 0.4) is 0 Å². The third-order valence-electron chi connectivity index (χ3n) is 3.46. The van der Waals surface area contributed by atoms with Crippen molar-refractivity contribution in [2.24, 2.45) is 0 Å². The first-order chi connectivity index (χ1) is 9.90. The van der Waals surface area contributed by atoms with Crippen molar-refractivity contribution in [3.63, 3.8) is 0 Å². The molecule has 20 heavy (non-hydrogen) atoms. The van der Waals surface area contributed by atoms with E-state index in [2.05, 4.69) is 72.6 Å². The van der Waals surface area contributed by atoms with Crippen molar-refractivity contribution in [1.82, 2.24) is 5.32 Å². The summed E-state index contributed by atoms with van der Waals surface area (Å²) in [5.41, 5.74) is 2.73. The van der Waals surface area contributed by atoms with E-state index < -0.39 is 0 Å². The van der Waals surface area contributed by atoms with Gasteiger partial charge in [-0.2, -0.15) is 0 Å². The van der Waals surface area contributed by atoms with Gasteiger partial charge in [0.1, 0.15) is 0 Å². The number of rotatable bonds is 8. The molecule has 1 unspecified atom stereocenters. The van der Waals surface area contributed by atoms with E-state index in [1.807, 2.05) is 6.08 Å². The van der Waals surface area contributed by atoms with Crippen LogP contribution in [0.25, 0.3) is 0 Å². The van der Waals surface area contributed by atoms with Gasteiger partial charge in [0.2, 0.25) is 0 Å². The van der Waals surface area contributed by atoms with E-state index >= 15 is 0 Å². The summed E-state index contributed by atoms with van der Waals surface area (Å²) in [6.07, 6.45) is 5.22. The molecule has 0 aromatic heterocycles. The van der Waals surface area contributed by atoms with Crippen LogP contribution < -0.4 is 5.32 Å². The fourth-order valence-corrected chi connectivity index (χ4v) is 2.37. The number of hydrogen-bond donors (Lipinski definition) is 1. The Morgan fingerprint density at radius 1 is 0.950 bits per heavy atom. The predicted molar refractivity (Wildman–Crippen MR) is 86.8 cm³/mol. The van der Waals surface area contributed by atoms with Crippen LogP contribution in [-0.4, -0.2) is 6.54 Å². The zero-order valence-corrected chi connectivity index (χ0v) is 12.0. The fourth-order valence-electron chi connectivity index (χ4n) is 2.37. The van der Waals surface area contributed by atoms with Crippen molar-refractivity contribution in [3.05, 3.63) is 84.4 Å². The average molecular weight is 265 g/mol. The molecule has 0 heterocycles. The maximum absolute atomic E-state index is 3.78. The highest BCUT2D eigenvalue weighted by Crippen LogP contribution is 2.18. The van der Waals surface area contributed by atoms with Gasteiger partial charge in [-0.25, -0.2) is 0 Å². The summed E-state index contributed by atoms with van der Waals surface area (Å²) in [4.78, 5) is 0. The minimum Gasteiger partial charge on any atom is -0.310 e. The lowest BCUT2D eigenvalue weighted by Crippen LogP contribution is -2.24. The predicted octanol–water partition coefficient (Wildman–Crippen LogP) is 4.53. The minimum absolute atomic E-state index is 0.378. The van der Waals surface area contributed by atoms with Gasteiger partial charge in [-0.3, -0.25) is 0 Å². The Hall–Kier alpha value is -1.86. The highest BCUT2D eigenvalue weighted by molar-refractivity contribution is 5.23. The SMILES string of the molecule is C=CCCCNC(Cc1ccccc1)c1ccccc1. The van der Waals surface area contributed by atoms with E-state index in [1.165, 1.54) is 11.1 Å². The van der Waals surface area contributed by atoms with Crippen molar-refractivity contribution in [2.75, 3.05) is 6.54 Å². The molecule has 0 spiro atoms. The van der Waals surface area contributed by atoms with Crippen LogP contribution >= 0.6 is 0 Å². The van der Waals surface area contributed by atoms with Crippen LogP contribution in [0, 0.1) is 0 Å². The molecule has 2 rings (SSSR count). The summed E-state index contributed by atoms with van der Waals surface area (Å²) in [7, 11) is 0. The normalized spacial score (nSPS) is 12.0. The lowest BCUT2D eigenvalue weighted by atomic mass is 9.99. The molecule has 1 N–H and O–H groups in total. The molecule has 104 valence electrons. The molecule has 0 bridgehead atoms. The second kappa shape index (κ2) is 8.34. The van der Waals surface area contributed by atoms with Crippen LogP contribution in [0.5, 0.6) is 0 Å². The minimum atomic E-state index is 0.378. The zero-order valence-electron chi connectivity index (χ0n) is 12.0. The van der Waals surface area contributed by atoms with Crippen LogP contribution in [0.2, 0.25) is 0 Å². The van der Waals surface area contributed by atoms with Gasteiger partial charge in [0.15, 0.2) is 0 Å². The standard InChI is InChI=1S/C19H23N/c1-2-3-10-15-20-19(18-13-8-5-9-14-18)16-17-11-6-4-7-12-17/h2,4-9,11-14,19-20H,1,3,10,15-16H2. The van der Waals surface area contributed by atoms with Gasteiger partial charge in [-0.1, -0.05) is 66.7 Å². The topological polar surface area (TPSA) is 12.0 Å². The van der Waals surface area contributed by atoms with Crippen LogP contribution in [0.4, 0.5) is 0 Å². The molecule has 2 aromatic carbocycles.